The molecular weight excluding hydrogens is 290 g/mol. The van der Waals surface area contributed by atoms with E-state index in [0.29, 0.717) is 6.42 Å². The van der Waals surface area contributed by atoms with Crippen molar-refractivity contribution in [2.75, 3.05) is 6.54 Å². The summed E-state index contributed by atoms with van der Waals surface area (Å²) in [4.78, 5) is 15.4. The Morgan fingerprint density at radius 3 is 2.45 bits per heavy atom. The van der Waals surface area contributed by atoms with Crippen molar-refractivity contribution in [3.8, 4) is 0 Å². The molecule has 0 saturated heterocycles. The zero-order valence-corrected chi connectivity index (χ0v) is 15.0. The molecule has 0 fully saturated rings. The van der Waals surface area contributed by atoms with Crippen LogP contribution in [0.4, 0.5) is 0 Å². The lowest BCUT2D eigenvalue weighted by atomic mass is 10.0. The largest absolute Gasteiger partial charge is 0.294 e. The molecule has 0 N–H and O–H groups in total. The monoisotopic (exact) mass is 317 g/mol. The van der Waals surface area contributed by atoms with Crippen LogP contribution in [0.3, 0.4) is 0 Å². The maximum absolute atomic E-state index is 12.1. The van der Waals surface area contributed by atoms with Crippen molar-refractivity contribution in [1.29, 1.82) is 0 Å². The molecule has 22 heavy (non-hydrogen) atoms. The van der Waals surface area contributed by atoms with Gasteiger partial charge in [0.25, 0.3) is 0 Å². The van der Waals surface area contributed by atoms with Gasteiger partial charge >= 0.3 is 0 Å². The summed E-state index contributed by atoms with van der Waals surface area (Å²) >= 11 is 1.31. The van der Waals surface area contributed by atoms with Crippen LogP contribution in [0.15, 0.2) is 54.0 Å². The summed E-state index contributed by atoms with van der Waals surface area (Å²) in [6, 6.07) is 10.4. The highest BCUT2D eigenvalue weighted by Gasteiger charge is 2.22. The summed E-state index contributed by atoms with van der Waals surface area (Å²) < 4.78 is 0. The summed E-state index contributed by atoms with van der Waals surface area (Å²) in [6.45, 7) is 13.8. The predicted octanol–water partition coefficient (Wildman–Crippen LogP) is 5.03. The smallest absolute Gasteiger partial charge is 0.194 e. The summed E-state index contributed by atoms with van der Waals surface area (Å²) in [5.74, 6) is 0. The maximum atomic E-state index is 12.1. The predicted molar refractivity (Wildman–Crippen MR) is 97.8 cm³/mol. The van der Waals surface area contributed by atoms with E-state index in [1.165, 1.54) is 17.3 Å². The fourth-order valence-corrected chi connectivity index (χ4v) is 2.83. The van der Waals surface area contributed by atoms with Crippen LogP contribution in [-0.2, 0) is 11.3 Å². The molecule has 0 saturated carbocycles. The summed E-state index contributed by atoms with van der Waals surface area (Å²) in [6.07, 6.45) is 4.14. The van der Waals surface area contributed by atoms with Gasteiger partial charge in [-0.25, -0.2) is 0 Å². The van der Waals surface area contributed by atoms with Gasteiger partial charge in [-0.15, -0.1) is 0 Å². The average molecular weight is 317 g/mol. The van der Waals surface area contributed by atoms with Crippen LogP contribution in [0.5, 0.6) is 0 Å². The first kappa shape index (κ1) is 18.7. The number of nitrogens with zero attached hydrogens (tertiary/aromatic N) is 1. The number of carbonyl (C=O) groups is 1. The Kier molecular flexibility index (Phi) is 7.63. The molecule has 0 spiro atoms. The quantitative estimate of drug-likeness (QED) is 0.658. The molecule has 120 valence electrons. The van der Waals surface area contributed by atoms with Gasteiger partial charge in [-0.1, -0.05) is 60.8 Å². The fourth-order valence-electron chi connectivity index (χ4n) is 2.11. The zero-order valence-electron chi connectivity index (χ0n) is 14.1. The fraction of sp³-hybridized carbons (Fsp3) is 0.421. The Hall–Kier alpha value is -1.32. The minimum Gasteiger partial charge on any atom is -0.294 e. The van der Waals surface area contributed by atoms with Gasteiger partial charge in [0.2, 0.25) is 0 Å². The van der Waals surface area contributed by atoms with Gasteiger partial charge in [0, 0.05) is 25.0 Å². The van der Waals surface area contributed by atoms with Gasteiger partial charge in [-0.05, 0) is 38.2 Å². The number of benzene rings is 1. The van der Waals surface area contributed by atoms with Crippen LogP contribution < -0.4 is 0 Å². The molecular formula is C19H27NOS. The summed E-state index contributed by atoms with van der Waals surface area (Å²) in [5.41, 5.74) is 1.31. The first-order valence-electron chi connectivity index (χ1n) is 7.62. The summed E-state index contributed by atoms with van der Waals surface area (Å²) in [5, 5.41) is 0.206. The molecule has 0 bridgehead atoms. The number of allylic oxidation sites excluding steroid dienone is 3. The molecule has 0 aliphatic rings. The Balaban J connectivity index is 2.61. The number of rotatable bonds is 7. The van der Waals surface area contributed by atoms with Gasteiger partial charge in [-0.3, -0.25) is 9.69 Å². The molecule has 0 aliphatic heterocycles. The van der Waals surface area contributed by atoms with Gasteiger partial charge < -0.3 is 0 Å². The highest BCUT2D eigenvalue weighted by molar-refractivity contribution is 8.16. The van der Waals surface area contributed by atoms with Gasteiger partial charge in [0.1, 0.15) is 0 Å². The minimum absolute atomic E-state index is 0.0345. The second-order valence-corrected chi connectivity index (χ2v) is 7.62. The summed E-state index contributed by atoms with van der Waals surface area (Å²) in [7, 11) is 0. The van der Waals surface area contributed by atoms with Gasteiger partial charge in [-0.2, -0.15) is 0 Å². The SMILES string of the molecule is C=C/C=C(/C)SC(=O)CCN(Cc1ccccc1)C(C)(C)C. The van der Waals surface area contributed by atoms with Crippen molar-refractivity contribution in [2.24, 2.45) is 0 Å². The van der Waals surface area contributed by atoms with E-state index < -0.39 is 0 Å². The lowest BCUT2D eigenvalue weighted by molar-refractivity contribution is -0.111. The van der Waals surface area contributed by atoms with E-state index in [0.717, 1.165) is 18.0 Å². The van der Waals surface area contributed by atoms with E-state index in [4.69, 9.17) is 0 Å². The Morgan fingerprint density at radius 1 is 1.27 bits per heavy atom. The molecule has 0 aliphatic carbocycles. The molecule has 3 heteroatoms. The van der Waals surface area contributed by atoms with Crippen LogP contribution in [0.2, 0.25) is 0 Å². The van der Waals surface area contributed by atoms with E-state index in [9.17, 15) is 4.79 Å². The van der Waals surface area contributed by atoms with E-state index in [-0.39, 0.29) is 10.7 Å². The minimum atomic E-state index is 0.0345. The third-order valence-electron chi connectivity index (χ3n) is 3.38. The first-order valence-corrected chi connectivity index (χ1v) is 8.43. The standard InChI is InChI=1S/C19H27NOS/c1-6-10-16(2)22-18(21)13-14-20(19(3,4)5)15-17-11-8-7-9-12-17/h6-12H,1,13-15H2,2-5H3/b16-10-. The van der Waals surface area contributed by atoms with Crippen molar-refractivity contribution < 1.29 is 4.79 Å². The lowest BCUT2D eigenvalue weighted by Gasteiger charge is -2.35. The molecule has 0 heterocycles. The van der Waals surface area contributed by atoms with Crippen LogP contribution in [0, 0.1) is 0 Å². The van der Waals surface area contributed by atoms with Crippen LogP contribution in [-0.4, -0.2) is 22.1 Å². The highest BCUT2D eigenvalue weighted by atomic mass is 32.2. The van der Waals surface area contributed by atoms with Crippen molar-refractivity contribution in [3.05, 3.63) is 59.5 Å². The number of carbonyl (C=O) groups excluding carboxylic acids is 1. The van der Waals surface area contributed by atoms with E-state index in [1.807, 2.05) is 19.1 Å². The molecule has 1 rings (SSSR count). The van der Waals surface area contributed by atoms with E-state index in [1.54, 1.807) is 6.08 Å². The van der Waals surface area contributed by atoms with E-state index >= 15 is 0 Å². The molecule has 0 aromatic heterocycles. The highest BCUT2D eigenvalue weighted by Crippen LogP contribution is 2.21. The third-order valence-corrected chi connectivity index (χ3v) is 4.27. The second kappa shape index (κ2) is 8.96. The van der Waals surface area contributed by atoms with Crippen LogP contribution >= 0.6 is 11.8 Å². The second-order valence-electron chi connectivity index (χ2n) is 6.32. The molecule has 1 aromatic carbocycles. The van der Waals surface area contributed by atoms with Gasteiger partial charge in [0.15, 0.2) is 5.12 Å². The Morgan fingerprint density at radius 2 is 1.91 bits per heavy atom. The topological polar surface area (TPSA) is 20.3 Å². The molecule has 0 radical (unpaired) electrons. The molecule has 1 aromatic rings. The van der Waals surface area contributed by atoms with Crippen LogP contribution in [0.1, 0.15) is 39.7 Å². The number of thioether (sulfide) groups is 1. The van der Waals surface area contributed by atoms with Crippen molar-refractivity contribution in [1.82, 2.24) is 4.90 Å². The maximum Gasteiger partial charge on any atom is 0.194 e. The Labute approximate surface area is 139 Å². The average Bonchev–Trinajstić information content (AvgIpc) is 2.43. The molecule has 2 nitrogen and oxygen atoms in total. The molecule has 0 atom stereocenters. The normalized spacial score (nSPS) is 12.5. The van der Waals surface area contributed by atoms with E-state index in [2.05, 4.69) is 56.5 Å². The van der Waals surface area contributed by atoms with Crippen molar-refractivity contribution in [2.45, 2.75) is 46.2 Å². The third kappa shape index (κ3) is 7.10. The number of hydrogen-bond donors (Lipinski definition) is 0. The van der Waals surface area contributed by atoms with Crippen LogP contribution in [0.25, 0.3) is 0 Å². The van der Waals surface area contributed by atoms with Gasteiger partial charge in [0.05, 0.1) is 0 Å². The number of hydrogen-bond acceptors (Lipinski definition) is 3. The lowest BCUT2D eigenvalue weighted by Crippen LogP contribution is -2.41. The Bertz CT molecular complexity index is 514. The first-order chi connectivity index (χ1) is 10.3. The zero-order chi connectivity index (χ0) is 16.6. The van der Waals surface area contributed by atoms with Crippen molar-refractivity contribution >= 4 is 16.9 Å². The molecule has 0 amide bonds. The van der Waals surface area contributed by atoms with Crippen molar-refractivity contribution in [3.63, 3.8) is 0 Å². The molecule has 0 unspecified atom stereocenters.